The van der Waals surface area contributed by atoms with E-state index in [9.17, 15) is 17.8 Å². The molecule has 0 amide bonds. The van der Waals surface area contributed by atoms with Crippen molar-refractivity contribution in [3.8, 4) is 0 Å². The first kappa shape index (κ1) is 15.3. The molecule has 1 rings (SSSR count). The van der Waals surface area contributed by atoms with Gasteiger partial charge in [0.15, 0.2) is 0 Å². The summed E-state index contributed by atoms with van der Waals surface area (Å²) < 4.78 is 32.6. The zero-order valence-electron chi connectivity index (χ0n) is 7.60. The van der Waals surface area contributed by atoms with Gasteiger partial charge in [0, 0.05) is 3.57 Å². The van der Waals surface area contributed by atoms with E-state index in [4.69, 9.17) is 5.11 Å². The van der Waals surface area contributed by atoms with Crippen LogP contribution < -0.4 is 29.6 Å². The molecule has 0 aliphatic heterocycles. The molecular formula is C7H4INaO5S. The summed E-state index contributed by atoms with van der Waals surface area (Å²) in [6.45, 7) is 0. The van der Waals surface area contributed by atoms with Gasteiger partial charge in [-0.15, -0.1) is 0 Å². The van der Waals surface area contributed by atoms with Crippen molar-refractivity contribution in [2.75, 3.05) is 0 Å². The molecule has 15 heavy (non-hydrogen) atoms. The van der Waals surface area contributed by atoms with E-state index in [2.05, 4.69) is 0 Å². The Kier molecular flexibility index (Phi) is 5.72. The van der Waals surface area contributed by atoms with Crippen LogP contribution in [-0.4, -0.2) is 24.0 Å². The van der Waals surface area contributed by atoms with Crippen LogP contribution in [0.5, 0.6) is 0 Å². The van der Waals surface area contributed by atoms with E-state index in [1.807, 2.05) is 0 Å². The normalized spacial score (nSPS) is 10.5. The minimum Gasteiger partial charge on any atom is -0.744 e. The third kappa shape index (κ3) is 4.00. The predicted molar refractivity (Wildman–Crippen MR) is 54.1 cm³/mol. The summed E-state index contributed by atoms with van der Waals surface area (Å²) in [6, 6.07) is 3.54. The minimum absolute atomic E-state index is 0. The van der Waals surface area contributed by atoms with E-state index in [0.717, 1.165) is 12.1 Å². The minimum atomic E-state index is -4.74. The van der Waals surface area contributed by atoms with Crippen LogP contribution in [0.2, 0.25) is 0 Å². The average Bonchev–Trinajstić information content (AvgIpc) is 2.01. The van der Waals surface area contributed by atoms with Gasteiger partial charge in [-0.25, -0.2) is 13.2 Å². The first-order valence-electron chi connectivity index (χ1n) is 3.31. The van der Waals surface area contributed by atoms with Crippen LogP contribution in [0.3, 0.4) is 0 Å². The van der Waals surface area contributed by atoms with Crippen molar-refractivity contribution in [1.82, 2.24) is 0 Å². The number of benzene rings is 1. The Hall–Kier alpha value is 0.330. The van der Waals surface area contributed by atoms with E-state index in [1.165, 1.54) is 6.07 Å². The van der Waals surface area contributed by atoms with Gasteiger partial charge >= 0.3 is 35.5 Å². The molecule has 0 spiro atoms. The first-order chi connectivity index (χ1) is 6.32. The van der Waals surface area contributed by atoms with Gasteiger partial charge in [-0.3, -0.25) is 0 Å². The summed E-state index contributed by atoms with van der Waals surface area (Å²) in [5, 5.41) is 8.61. The molecule has 5 nitrogen and oxygen atoms in total. The van der Waals surface area contributed by atoms with Crippen molar-refractivity contribution in [2.24, 2.45) is 0 Å². The fourth-order valence-corrected chi connectivity index (χ4v) is 2.28. The molecule has 0 atom stereocenters. The quantitative estimate of drug-likeness (QED) is 0.375. The smallest absolute Gasteiger partial charge is 0.744 e. The third-order valence-corrected chi connectivity index (χ3v) is 2.99. The van der Waals surface area contributed by atoms with Crippen LogP contribution in [0.4, 0.5) is 0 Å². The van der Waals surface area contributed by atoms with Crippen molar-refractivity contribution in [3.63, 3.8) is 0 Å². The SMILES string of the molecule is O=C(O)c1ccc(I)cc1S(=O)(=O)[O-].[Na+]. The number of aromatic carboxylic acids is 1. The molecule has 0 bridgehead atoms. The fourth-order valence-electron chi connectivity index (χ4n) is 0.880. The molecule has 0 aromatic heterocycles. The molecule has 1 aromatic carbocycles. The Morgan fingerprint density at radius 1 is 1.40 bits per heavy atom. The van der Waals surface area contributed by atoms with E-state index in [0.29, 0.717) is 3.57 Å². The Morgan fingerprint density at radius 2 is 1.93 bits per heavy atom. The third-order valence-electron chi connectivity index (χ3n) is 1.44. The van der Waals surface area contributed by atoms with Crippen LogP contribution >= 0.6 is 22.6 Å². The second-order valence-electron chi connectivity index (χ2n) is 2.40. The summed E-state index contributed by atoms with van der Waals surface area (Å²) in [6.07, 6.45) is 0. The van der Waals surface area contributed by atoms with E-state index >= 15 is 0 Å². The van der Waals surface area contributed by atoms with Gasteiger partial charge in [-0.1, -0.05) is 0 Å². The van der Waals surface area contributed by atoms with Gasteiger partial charge < -0.3 is 9.66 Å². The molecule has 0 radical (unpaired) electrons. The number of hydrogen-bond acceptors (Lipinski definition) is 4. The summed E-state index contributed by atoms with van der Waals surface area (Å²) in [4.78, 5) is 9.88. The number of hydrogen-bond donors (Lipinski definition) is 1. The summed E-state index contributed by atoms with van der Waals surface area (Å²) in [7, 11) is -4.74. The predicted octanol–water partition coefficient (Wildman–Crippen LogP) is -2.10. The summed E-state index contributed by atoms with van der Waals surface area (Å²) >= 11 is 1.79. The maximum absolute atomic E-state index is 10.7. The molecule has 0 saturated carbocycles. The zero-order chi connectivity index (χ0) is 10.9. The number of carboxylic acids is 1. The fraction of sp³-hybridized carbons (Fsp3) is 0. The maximum Gasteiger partial charge on any atom is 1.00 e. The molecular weight excluding hydrogens is 346 g/mol. The first-order valence-corrected chi connectivity index (χ1v) is 5.80. The van der Waals surface area contributed by atoms with Crippen molar-refractivity contribution < 1.29 is 52.4 Å². The summed E-state index contributed by atoms with van der Waals surface area (Å²) in [5.41, 5.74) is -0.500. The molecule has 1 aromatic rings. The van der Waals surface area contributed by atoms with Gasteiger partial charge in [-0.2, -0.15) is 0 Å². The van der Waals surface area contributed by atoms with Crippen LogP contribution in [0.15, 0.2) is 23.1 Å². The van der Waals surface area contributed by atoms with Crippen LogP contribution in [0.25, 0.3) is 0 Å². The number of carbonyl (C=O) groups is 1. The topological polar surface area (TPSA) is 94.5 Å². The number of rotatable bonds is 2. The second-order valence-corrected chi connectivity index (χ2v) is 4.99. The summed E-state index contributed by atoms with van der Waals surface area (Å²) in [5.74, 6) is -1.43. The van der Waals surface area contributed by atoms with Crippen LogP contribution in [0, 0.1) is 3.57 Å². The molecule has 76 valence electrons. The monoisotopic (exact) mass is 350 g/mol. The van der Waals surface area contributed by atoms with Crippen molar-refractivity contribution in [3.05, 3.63) is 27.3 Å². The van der Waals surface area contributed by atoms with Gasteiger partial charge in [0.25, 0.3) is 0 Å². The molecule has 0 fully saturated rings. The largest absolute Gasteiger partial charge is 1.00 e. The van der Waals surface area contributed by atoms with Crippen LogP contribution in [0.1, 0.15) is 10.4 Å². The number of halogens is 1. The molecule has 0 aliphatic carbocycles. The van der Waals surface area contributed by atoms with Crippen molar-refractivity contribution in [2.45, 2.75) is 4.90 Å². The Morgan fingerprint density at radius 3 is 2.33 bits per heavy atom. The average molecular weight is 350 g/mol. The maximum atomic E-state index is 10.7. The Labute approximate surface area is 122 Å². The number of carboxylic acid groups (broad SMARTS) is 1. The molecule has 0 saturated heterocycles. The van der Waals surface area contributed by atoms with Gasteiger partial charge in [0.1, 0.15) is 10.1 Å². The van der Waals surface area contributed by atoms with Crippen molar-refractivity contribution >= 4 is 38.7 Å². The van der Waals surface area contributed by atoms with E-state index < -0.39 is 26.5 Å². The zero-order valence-corrected chi connectivity index (χ0v) is 12.6. The molecule has 0 heterocycles. The molecule has 0 aliphatic rings. The Balaban J connectivity index is 0.00000196. The Bertz CT molecular complexity index is 484. The van der Waals surface area contributed by atoms with Gasteiger partial charge in [-0.05, 0) is 40.8 Å². The van der Waals surface area contributed by atoms with Gasteiger partial charge in [0.05, 0.1) is 10.5 Å². The van der Waals surface area contributed by atoms with E-state index in [-0.39, 0.29) is 29.6 Å². The van der Waals surface area contributed by atoms with E-state index in [1.54, 1.807) is 22.6 Å². The standard InChI is InChI=1S/C7H5IO5S.Na/c8-4-1-2-5(7(9)10)6(3-4)14(11,12)13;/h1-3H,(H,9,10)(H,11,12,13);/q;+1/p-1. The van der Waals surface area contributed by atoms with Crippen molar-refractivity contribution in [1.29, 1.82) is 0 Å². The second kappa shape index (κ2) is 5.60. The van der Waals surface area contributed by atoms with Gasteiger partial charge in [0.2, 0.25) is 0 Å². The molecule has 1 N–H and O–H groups in total. The van der Waals surface area contributed by atoms with Crippen LogP contribution in [-0.2, 0) is 10.1 Å². The molecule has 8 heteroatoms. The molecule has 0 unspecified atom stereocenters.